The Hall–Kier alpha value is -0.970. The van der Waals surface area contributed by atoms with Crippen molar-refractivity contribution in [2.45, 2.75) is 44.6 Å². The van der Waals surface area contributed by atoms with Gasteiger partial charge in [0.1, 0.15) is 0 Å². The quantitative estimate of drug-likeness (QED) is 0.806. The van der Waals surface area contributed by atoms with E-state index in [-0.39, 0.29) is 0 Å². The molecule has 0 bridgehead atoms. The molecular weight excluding hydrogens is 202 g/mol. The first-order valence-corrected chi connectivity index (χ1v) is 6.19. The molecular formula is C11H21N5. The van der Waals surface area contributed by atoms with E-state index in [1.807, 2.05) is 7.05 Å². The summed E-state index contributed by atoms with van der Waals surface area (Å²) < 4.78 is 0. The minimum atomic E-state index is 0.617. The fourth-order valence-electron chi connectivity index (χ4n) is 2.68. The van der Waals surface area contributed by atoms with Crippen LogP contribution in [-0.2, 0) is 13.5 Å². The predicted molar refractivity (Wildman–Crippen MR) is 61.9 cm³/mol. The van der Waals surface area contributed by atoms with Gasteiger partial charge in [-0.25, -0.2) is 0 Å². The molecule has 2 rings (SSSR count). The van der Waals surface area contributed by atoms with E-state index in [1.54, 1.807) is 0 Å². The smallest absolute Gasteiger partial charge is 0.174 e. The Morgan fingerprint density at radius 1 is 1.44 bits per heavy atom. The third kappa shape index (κ3) is 2.78. The number of nitrogens with one attached hydrogen (secondary N) is 1. The van der Waals surface area contributed by atoms with E-state index in [1.165, 1.54) is 30.5 Å². The molecule has 5 heteroatoms. The van der Waals surface area contributed by atoms with Gasteiger partial charge < -0.3 is 5.32 Å². The highest BCUT2D eigenvalue weighted by molar-refractivity contribution is 4.84. The van der Waals surface area contributed by atoms with Gasteiger partial charge in [0.25, 0.3) is 0 Å². The Kier molecular flexibility index (Phi) is 3.88. The minimum Gasteiger partial charge on any atom is -0.317 e. The van der Waals surface area contributed by atoms with Gasteiger partial charge in [0.2, 0.25) is 0 Å². The highest BCUT2D eigenvalue weighted by atomic mass is 15.6. The Balaban J connectivity index is 1.82. The molecule has 1 aromatic rings. The van der Waals surface area contributed by atoms with Crippen molar-refractivity contribution in [2.75, 3.05) is 7.05 Å². The second-order valence-corrected chi connectivity index (χ2v) is 4.67. The lowest BCUT2D eigenvalue weighted by atomic mass is 9.94. The van der Waals surface area contributed by atoms with Crippen LogP contribution in [0.5, 0.6) is 0 Å². The van der Waals surface area contributed by atoms with Crippen LogP contribution < -0.4 is 5.32 Å². The SMILES string of the molecule is CNC(CCc1nnn(C)n1)C1CCCC1. The topological polar surface area (TPSA) is 55.6 Å². The van der Waals surface area contributed by atoms with Crippen LogP contribution >= 0.6 is 0 Å². The summed E-state index contributed by atoms with van der Waals surface area (Å²) in [5, 5.41) is 15.5. The largest absolute Gasteiger partial charge is 0.317 e. The third-order valence-electron chi connectivity index (χ3n) is 3.57. The summed E-state index contributed by atoms with van der Waals surface area (Å²) in [6.45, 7) is 0. The van der Waals surface area contributed by atoms with Gasteiger partial charge in [-0.3, -0.25) is 0 Å². The van der Waals surface area contributed by atoms with Gasteiger partial charge in [-0.05, 0) is 37.4 Å². The van der Waals surface area contributed by atoms with Crippen LogP contribution in [0.1, 0.15) is 37.9 Å². The maximum Gasteiger partial charge on any atom is 0.174 e. The molecule has 1 heterocycles. The Labute approximate surface area is 96.6 Å². The van der Waals surface area contributed by atoms with Crippen molar-refractivity contribution in [3.8, 4) is 0 Å². The Morgan fingerprint density at radius 2 is 2.19 bits per heavy atom. The number of hydrogen-bond donors (Lipinski definition) is 1. The molecule has 0 spiro atoms. The summed E-state index contributed by atoms with van der Waals surface area (Å²) in [5.74, 6) is 1.71. The van der Waals surface area contributed by atoms with Crippen LogP contribution in [-0.4, -0.2) is 33.3 Å². The molecule has 1 saturated carbocycles. The van der Waals surface area contributed by atoms with E-state index in [4.69, 9.17) is 0 Å². The van der Waals surface area contributed by atoms with Crippen molar-refractivity contribution < 1.29 is 0 Å². The summed E-state index contributed by atoms with van der Waals surface area (Å²) in [4.78, 5) is 1.53. The van der Waals surface area contributed by atoms with Crippen molar-refractivity contribution in [3.63, 3.8) is 0 Å². The molecule has 1 fully saturated rings. The van der Waals surface area contributed by atoms with Crippen molar-refractivity contribution in [2.24, 2.45) is 13.0 Å². The van der Waals surface area contributed by atoms with E-state index < -0.39 is 0 Å². The molecule has 1 aliphatic rings. The van der Waals surface area contributed by atoms with Crippen molar-refractivity contribution >= 4 is 0 Å². The van der Waals surface area contributed by atoms with E-state index in [0.29, 0.717) is 6.04 Å². The fourth-order valence-corrected chi connectivity index (χ4v) is 2.68. The zero-order valence-corrected chi connectivity index (χ0v) is 10.2. The van der Waals surface area contributed by atoms with Crippen molar-refractivity contribution in [1.29, 1.82) is 0 Å². The normalized spacial score (nSPS) is 19.1. The highest BCUT2D eigenvalue weighted by Crippen LogP contribution is 2.29. The van der Waals surface area contributed by atoms with E-state index >= 15 is 0 Å². The first-order chi connectivity index (χ1) is 7.79. The second kappa shape index (κ2) is 5.39. The molecule has 0 aliphatic heterocycles. The summed E-state index contributed by atoms with van der Waals surface area (Å²) in [7, 11) is 3.87. The molecule has 1 N–H and O–H groups in total. The summed E-state index contributed by atoms with van der Waals surface area (Å²) >= 11 is 0. The number of hydrogen-bond acceptors (Lipinski definition) is 4. The summed E-state index contributed by atoms with van der Waals surface area (Å²) in [5.41, 5.74) is 0. The van der Waals surface area contributed by atoms with E-state index in [9.17, 15) is 0 Å². The van der Waals surface area contributed by atoms with Crippen molar-refractivity contribution in [1.82, 2.24) is 25.5 Å². The Morgan fingerprint density at radius 3 is 2.75 bits per heavy atom. The molecule has 1 atom stereocenters. The standard InChI is InChI=1S/C11H21N5/c1-12-10(9-5-3-4-6-9)7-8-11-13-15-16(2)14-11/h9-10,12H,3-8H2,1-2H3. The van der Waals surface area contributed by atoms with Gasteiger partial charge in [-0.1, -0.05) is 12.8 Å². The minimum absolute atomic E-state index is 0.617. The molecule has 5 nitrogen and oxygen atoms in total. The van der Waals surface area contributed by atoms with Crippen LogP contribution in [0, 0.1) is 5.92 Å². The van der Waals surface area contributed by atoms with E-state index in [2.05, 4.69) is 27.8 Å². The third-order valence-corrected chi connectivity index (χ3v) is 3.57. The number of rotatable bonds is 5. The number of aryl methyl sites for hydroxylation is 2. The predicted octanol–water partition coefficient (Wildman–Crippen LogP) is 0.921. The number of aromatic nitrogens is 4. The molecule has 16 heavy (non-hydrogen) atoms. The number of tetrazole rings is 1. The van der Waals surface area contributed by atoms with Crippen LogP contribution in [0.15, 0.2) is 0 Å². The lowest BCUT2D eigenvalue weighted by Crippen LogP contribution is -2.32. The lowest BCUT2D eigenvalue weighted by molar-refractivity contribution is 0.358. The zero-order valence-electron chi connectivity index (χ0n) is 10.2. The lowest BCUT2D eigenvalue weighted by Gasteiger charge is -2.22. The van der Waals surface area contributed by atoms with Gasteiger partial charge in [0, 0.05) is 12.5 Å². The zero-order chi connectivity index (χ0) is 11.4. The monoisotopic (exact) mass is 223 g/mol. The number of nitrogens with zero attached hydrogens (tertiary/aromatic N) is 4. The van der Waals surface area contributed by atoms with Crippen molar-refractivity contribution in [3.05, 3.63) is 5.82 Å². The average molecular weight is 223 g/mol. The van der Waals surface area contributed by atoms with Gasteiger partial charge in [0.05, 0.1) is 7.05 Å². The molecule has 0 aromatic carbocycles. The molecule has 90 valence electrons. The maximum absolute atomic E-state index is 4.21. The van der Waals surface area contributed by atoms with Gasteiger partial charge in [0.15, 0.2) is 5.82 Å². The van der Waals surface area contributed by atoms with Gasteiger partial charge in [-0.15, -0.1) is 10.2 Å². The van der Waals surface area contributed by atoms with Gasteiger partial charge in [-0.2, -0.15) is 4.80 Å². The molecule has 1 aliphatic carbocycles. The van der Waals surface area contributed by atoms with E-state index in [0.717, 1.165) is 24.6 Å². The molecule has 0 amide bonds. The molecule has 1 unspecified atom stereocenters. The second-order valence-electron chi connectivity index (χ2n) is 4.67. The Bertz CT molecular complexity index is 316. The molecule has 1 aromatic heterocycles. The molecule has 0 radical (unpaired) electrons. The average Bonchev–Trinajstić information content (AvgIpc) is 2.91. The first-order valence-electron chi connectivity index (χ1n) is 6.19. The summed E-state index contributed by atoms with van der Waals surface area (Å²) in [6, 6.07) is 0.617. The highest BCUT2D eigenvalue weighted by Gasteiger charge is 2.23. The van der Waals surface area contributed by atoms with Crippen LogP contribution in [0.4, 0.5) is 0 Å². The van der Waals surface area contributed by atoms with Crippen LogP contribution in [0.2, 0.25) is 0 Å². The van der Waals surface area contributed by atoms with Gasteiger partial charge >= 0.3 is 0 Å². The fraction of sp³-hybridized carbons (Fsp3) is 0.909. The maximum atomic E-state index is 4.21. The van der Waals surface area contributed by atoms with Crippen LogP contribution in [0.3, 0.4) is 0 Å². The molecule has 0 saturated heterocycles. The summed E-state index contributed by atoms with van der Waals surface area (Å²) in [6.07, 6.45) is 7.58. The first kappa shape index (κ1) is 11.5. The van der Waals surface area contributed by atoms with Crippen LogP contribution in [0.25, 0.3) is 0 Å².